The standard InChI is InChI=1S/C19H18N6O/c1-24-13-20-11-16(24)12-25-9-6-17(23-25)14-4-3-5-15(10-14)18-19(26-2)22-8-7-21-18/h3-11,13H,12H2,1-2H3. The van der Waals surface area contributed by atoms with Crippen LogP contribution in [-0.2, 0) is 13.6 Å². The Morgan fingerprint density at radius 2 is 1.92 bits per heavy atom. The van der Waals surface area contributed by atoms with Gasteiger partial charge in [0.2, 0.25) is 5.88 Å². The maximum Gasteiger partial charge on any atom is 0.240 e. The Morgan fingerprint density at radius 1 is 1.08 bits per heavy atom. The van der Waals surface area contributed by atoms with Crippen LogP contribution in [0.3, 0.4) is 0 Å². The minimum Gasteiger partial charge on any atom is -0.479 e. The molecule has 7 nitrogen and oxygen atoms in total. The molecule has 0 N–H and O–H groups in total. The fraction of sp³-hybridized carbons (Fsp3) is 0.158. The highest BCUT2D eigenvalue weighted by Crippen LogP contribution is 2.28. The van der Waals surface area contributed by atoms with Gasteiger partial charge < -0.3 is 9.30 Å². The van der Waals surface area contributed by atoms with Gasteiger partial charge in [-0.15, -0.1) is 0 Å². The van der Waals surface area contributed by atoms with Crippen molar-refractivity contribution < 1.29 is 4.74 Å². The van der Waals surface area contributed by atoms with Gasteiger partial charge in [-0.1, -0.05) is 18.2 Å². The van der Waals surface area contributed by atoms with Crippen molar-refractivity contribution in [2.24, 2.45) is 7.05 Å². The van der Waals surface area contributed by atoms with Crippen LogP contribution >= 0.6 is 0 Å². The molecule has 3 heterocycles. The van der Waals surface area contributed by atoms with E-state index in [0.29, 0.717) is 18.1 Å². The van der Waals surface area contributed by atoms with Crippen LogP contribution in [0.1, 0.15) is 5.69 Å². The zero-order valence-electron chi connectivity index (χ0n) is 14.6. The molecule has 0 spiro atoms. The van der Waals surface area contributed by atoms with E-state index in [9.17, 15) is 0 Å². The molecule has 1 aromatic carbocycles. The van der Waals surface area contributed by atoms with Crippen LogP contribution in [0, 0.1) is 0 Å². The van der Waals surface area contributed by atoms with Crippen molar-refractivity contribution in [1.82, 2.24) is 29.3 Å². The summed E-state index contributed by atoms with van der Waals surface area (Å²) in [5.74, 6) is 0.506. The first-order chi connectivity index (χ1) is 12.7. The predicted octanol–water partition coefficient (Wildman–Crippen LogP) is 2.80. The van der Waals surface area contributed by atoms with Crippen molar-refractivity contribution in [3.8, 4) is 28.4 Å². The van der Waals surface area contributed by atoms with Crippen LogP contribution in [-0.4, -0.2) is 36.4 Å². The quantitative estimate of drug-likeness (QED) is 0.556. The molecule has 26 heavy (non-hydrogen) atoms. The summed E-state index contributed by atoms with van der Waals surface area (Å²) in [5, 5.41) is 4.68. The number of nitrogens with zero attached hydrogens (tertiary/aromatic N) is 6. The number of hydrogen-bond acceptors (Lipinski definition) is 5. The third-order valence-corrected chi connectivity index (χ3v) is 4.17. The molecule has 0 saturated heterocycles. The second kappa shape index (κ2) is 6.79. The molecule has 0 aliphatic heterocycles. The van der Waals surface area contributed by atoms with Gasteiger partial charge in [-0.2, -0.15) is 5.10 Å². The first-order valence-corrected chi connectivity index (χ1v) is 8.19. The first-order valence-electron chi connectivity index (χ1n) is 8.19. The predicted molar refractivity (Wildman–Crippen MR) is 97.6 cm³/mol. The molecule has 0 unspecified atom stereocenters. The van der Waals surface area contributed by atoms with Gasteiger partial charge in [-0.3, -0.25) is 4.68 Å². The summed E-state index contributed by atoms with van der Waals surface area (Å²) in [6, 6.07) is 10.1. The molecule has 0 saturated carbocycles. The molecule has 0 aliphatic rings. The number of methoxy groups -OCH3 is 1. The Morgan fingerprint density at radius 3 is 2.73 bits per heavy atom. The van der Waals surface area contributed by atoms with Crippen LogP contribution in [0.4, 0.5) is 0 Å². The SMILES string of the molecule is COc1nccnc1-c1cccc(-c2ccn(Cc3cncn3C)n2)c1. The van der Waals surface area contributed by atoms with Crippen molar-refractivity contribution in [3.05, 3.63) is 67.1 Å². The maximum absolute atomic E-state index is 5.32. The smallest absolute Gasteiger partial charge is 0.240 e. The number of aryl methyl sites for hydroxylation is 1. The van der Waals surface area contributed by atoms with Gasteiger partial charge in [0.05, 0.1) is 37.6 Å². The summed E-state index contributed by atoms with van der Waals surface area (Å²) >= 11 is 0. The molecule has 3 aromatic heterocycles. The zero-order valence-corrected chi connectivity index (χ0v) is 14.6. The number of ether oxygens (including phenoxy) is 1. The lowest BCUT2D eigenvalue weighted by atomic mass is 10.1. The van der Waals surface area contributed by atoms with E-state index in [1.54, 1.807) is 25.8 Å². The zero-order chi connectivity index (χ0) is 17.9. The van der Waals surface area contributed by atoms with E-state index >= 15 is 0 Å². The Balaban J connectivity index is 1.64. The molecular formula is C19H18N6O. The van der Waals surface area contributed by atoms with Crippen LogP contribution in [0.25, 0.3) is 22.5 Å². The van der Waals surface area contributed by atoms with Gasteiger partial charge in [0, 0.05) is 36.8 Å². The minimum absolute atomic E-state index is 0.506. The van der Waals surface area contributed by atoms with Crippen molar-refractivity contribution in [1.29, 1.82) is 0 Å². The lowest BCUT2D eigenvalue weighted by molar-refractivity contribution is 0.398. The lowest BCUT2D eigenvalue weighted by Gasteiger charge is -2.07. The maximum atomic E-state index is 5.32. The van der Waals surface area contributed by atoms with E-state index in [1.807, 2.05) is 59.0 Å². The van der Waals surface area contributed by atoms with Crippen LogP contribution in [0.5, 0.6) is 5.88 Å². The van der Waals surface area contributed by atoms with Gasteiger partial charge in [0.1, 0.15) is 5.69 Å². The Bertz CT molecular complexity index is 1040. The second-order valence-electron chi connectivity index (χ2n) is 5.89. The van der Waals surface area contributed by atoms with Crippen molar-refractivity contribution in [2.45, 2.75) is 6.54 Å². The summed E-state index contributed by atoms with van der Waals surface area (Å²) in [5.41, 5.74) is 4.66. The third-order valence-electron chi connectivity index (χ3n) is 4.17. The van der Waals surface area contributed by atoms with Crippen molar-refractivity contribution in [2.75, 3.05) is 7.11 Å². The summed E-state index contributed by atoms with van der Waals surface area (Å²) in [6.45, 7) is 0.675. The van der Waals surface area contributed by atoms with Gasteiger partial charge >= 0.3 is 0 Å². The van der Waals surface area contributed by atoms with Gasteiger partial charge in [0.15, 0.2) is 0 Å². The molecule has 0 atom stereocenters. The number of rotatable bonds is 5. The highest BCUT2D eigenvalue weighted by atomic mass is 16.5. The van der Waals surface area contributed by atoms with E-state index in [1.165, 1.54) is 0 Å². The highest BCUT2D eigenvalue weighted by Gasteiger charge is 2.11. The van der Waals surface area contributed by atoms with Gasteiger partial charge in [0.25, 0.3) is 0 Å². The summed E-state index contributed by atoms with van der Waals surface area (Å²) < 4.78 is 9.21. The van der Waals surface area contributed by atoms with E-state index in [0.717, 1.165) is 22.5 Å². The molecule has 0 fully saturated rings. The Kier molecular flexibility index (Phi) is 4.18. The van der Waals surface area contributed by atoms with Crippen LogP contribution < -0.4 is 4.74 Å². The monoisotopic (exact) mass is 346 g/mol. The van der Waals surface area contributed by atoms with Gasteiger partial charge in [-0.25, -0.2) is 15.0 Å². The summed E-state index contributed by atoms with van der Waals surface area (Å²) in [4.78, 5) is 12.8. The molecular weight excluding hydrogens is 328 g/mol. The number of benzene rings is 1. The number of imidazole rings is 1. The largest absolute Gasteiger partial charge is 0.479 e. The molecule has 0 bridgehead atoms. The fourth-order valence-electron chi connectivity index (χ4n) is 2.81. The molecule has 0 radical (unpaired) electrons. The first kappa shape index (κ1) is 16.0. The highest BCUT2D eigenvalue weighted by molar-refractivity contribution is 5.71. The average molecular weight is 346 g/mol. The lowest BCUT2D eigenvalue weighted by Crippen LogP contribution is -2.04. The molecule has 4 rings (SSSR count). The molecule has 7 heteroatoms. The van der Waals surface area contributed by atoms with E-state index in [2.05, 4.69) is 20.1 Å². The fourth-order valence-corrected chi connectivity index (χ4v) is 2.81. The molecule has 0 amide bonds. The van der Waals surface area contributed by atoms with Crippen LogP contribution in [0.2, 0.25) is 0 Å². The summed E-state index contributed by atoms with van der Waals surface area (Å²) in [7, 11) is 3.57. The van der Waals surface area contributed by atoms with E-state index in [4.69, 9.17) is 4.74 Å². The molecule has 130 valence electrons. The topological polar surface area (TPSA) is 70.7 Å². The normalized spacial score (nSPS) is 10.8. The number of hydrogen-bond donors (Lipinski definition) is 0. The molecule has 4 aromatic rings. The van der Waals surface area contributed by atoms with Crippen LogP contribution in [0.15, 0.2) is 61.4 Å². The van der Waals surface area contributed by atoms with Crippen molar-refractivity contribution in [3.63, 3.8) is 0 Å². The Labute approximate surface area is 150 Å². The molecule has 0 aliphatic carbocycles. The van der Waals surface area contributed by atoms with Crippen molar-refractivity contribution >= 4 is 0 Å². The average Bonchev–Trinajstić information content (AvgIpc) is 3.32. The van der Waals surface area contributed by atoms with E-state index < -0.39 is 0 Å². The van der Waals surface area contributed by atoms with E-state index in [-0.39, 0.29) is 0 Å². The third kappa shape index (κ3) is 3.06. The van der Waals surface area contributed by atoms with Gasteiger partial charge in [-0.05, 0) is 12.1 Å². The Hall–Kier alpha value is -3.48. The number of aromatic nitrogens is 6. The summed E-state index contributed by atoms with van der Waals surface area (Å²) in [6.07, 6.45) is 8.89. The second-order valence-corrected chi connectivity index (χ2v) is 5.89. The minimum atomic E-state index is 0.506.